The highest BCUT2D eigenvalue weighted by Crippen LogP contribution is 2.16. The Morgan fingerprint density at radius 1 is 1.41 bits per heavy atom. The zero-order valence-corrected chi connectivity index (χ0v) is 11.8. The number of hydrogen-bond donors (Lipinski definition) is 1. The summed E-state index contributed by atoms with van der Waals surface area (Å²) in [6, 6.07) is 6.63. The van der Waals surface area contributed by atoms with Crippen LogP contribution in [0.15, 0.2) is 29.2 Å². The van der Waals surface area contributed by atoms with E-state index in [0.29, 0.717) is 17.0 Å². The van der Waals surface area contributed by atoms with Crippen LogP contribution in [0.25, 0.3) is 0 Å². The second-order valence-electron chi connectivity index (χ2n) is 3.85. The van der Waals surface area contributed by atoms with Gasteiger partial charge in [-0.15, -0.1) is 0 Å². The number of hydrogen-bond acceptors (Lipinski definition) is 3. The van der Waals surface area contributed by atoms with Gasteiger partial charge in [-0.05, 0) is 31.5 Å². The molecule has 1 N–H and O–H groups in total. The molecule has 0 unspecified atom stereocenters. The van der Waals surface area contributed by atoms with Gasteiger partial charge in [0.05, 0.1) is 5.25 Å². The minimum atomic E-state index is -3.35. The molecule has 0 aliphatic rings. The zero-order chi connectivity index (χ0) is 13.1. The molecule has 0 aliphatic heterocycles. The maximum Gasteiger partial charge on any atom is 0.235 e. The lowest BCUT2D eigenvalue weighted by atomic mass is 10.3. The Bertz CT molecular complexity index is 511. The van der Waals surface area contributed by atoms with Crippen LogP contribution >= 0.6 is 0 Å². The SMILES string of the molecule is CC[C@H](C)S(=O)(=O)Nc1cccc([S@@](C)=O)c1. The smallest absolute Gasteiger partial charge is 0.235 e. The summed E-state index contributed by atoms with van der Waals surface area (Å²) >= 11 is 0. The molecule has 96 valence electrons. The van der Waals surface area contributed by atoms with Gasteiger partial charge < -0.3 is 0 Å². The molecule has 17 heavy (non-hydrogen) atoms. The average molecular weight is 275 g/mol. The molecule has 1 aromatic carbocycles. The fourth-order valence-corrected chi connectivity index (χ4v) is 2.88. The Morgan fingerprint density at radius 2 is 2.06 bits per heavy atom. The van der Waals surface area contributed by atoms with Crippen LogP contribution in [-0.4, -0.2) is 24.1 Å². The standard InChI is InChI=1S/C11H17NO3S2/c1-4-9(2)17(14,15)12-10-6-5-7-11(8-10)16(3)13/h5-9,12H,4H2,1-3H3/t9-,16+/m0/s1. The molecule has 0 fully saturated rings. The summed E-state index contributed by atoms with van der Waals surface area (Å²) in [5, 5.41) is -0.446. The van der Waals surface area contributed by atoms with Gasteiger partial charge >= 0.3 is 0 Å². The number of anilines is 1. The van der Waals surface area contributed by atoms with E-state index < -0.39 is 26.1 Å². The van der Waals surface area contributed by atoms with E-state index in [1.807, 2.05) is 6.92 Å². The molecule has 0 saturated carbocycles. The van der Waals surface area contributed by atoms with Crippen molar-refractivity contribution >= 4 is 26.5 Å². The summed E-state index contributed by atoms with van der Waals surface area (Å²) in [7, 11) is -4.47. The van der Waals surface area contributed by atoms with Gasteiger partial charge in [0.25, 0.3) is 0 Å². The van der Waals surface area contributed by atoms with Crippen LogP contribution < -0.4 is 4.72 Å². The normalized spacial score (nSPS) is 15.2. The van der Waals surface area contributed by atoms with Crippen molar-refractivity contribution in [3.8, 4) is 0 Å². The van der Waals surface area contributed by atoms with Crippen molar-refractivity contribution < 1.29 is 12.6 Å². The van der Waals surface area contributed by atoms with Crippen molar-refractivity contribution in [2.45, 2.75) is 30.4 Å². The summed E-state index contributed by atoms with van der Waals surface area (Å²) in [6.45, 7) is 3.48. The fraction of sp³-hybridized carbons (Fsp3) is 0.455. The van der Waals surface area contributed by atoms with Crippen LogP contribution in [0.4, 0.5) is 5.69 Å². The topological polar surface area (TPSA) is 63.2 Å². The molecule has 0 amide bonds. The molecule has 0 heterocycles. The maximum atomic E-state index is 11.8. The number of rotatable bonds is 5. The minimum Gasteiger partial charge on any atom is -0.283 e. The van der Waals surface area contributed by atoms with Crippen LogP contribution in [0.2, 0.25) is 0 Å². The molecule has 0 aromatic heterocycles. The molecule has 0 aliphatic carbocycles. The second kappa shape index (κ2) is 5.64. The second-order valence-corrected chi connectivity index (χ2v) is 7.33. The van der Waals surface area contributed by atoms with Gasteiger partial charge in [-0.1, -0.05) is 13.0 Å². The summed E-state index contributed by atoms with van der Waals surface area (Å²) < 4.78 is 37.4. The molecular formula is C11H17NO3S2. The van der Waals surface area contributed by atoms with E-state index in [9.17, 15) is 12.6 Å². The zero-order valence-electron chi connectivity index (χ0n) is 10.1. The third-order valence-electron chi connectivity index (χ3n) is 2.53. The third-order valence-corrected chi connectivity index (χ3v) is 5.36. The van der Waals surface area contributed by atoms with Crippen LogP contribution in [0.3, 0.4) is 0 Å². The molecule has 4 nitrogen and oxygen atoms in total. The van der Waals surface area contributed by atoms with E-state index in [4.69, 9.17) is 0 Å². The molecule has 1 aromatic rings. The van der Waals surface area contributed by atoms with Crippen molar-refractivity contribution in [1.82, 2.24) is 0 Å². The van der Waals surface area contributed by atoms with Gasteiger partial charge in [0.2, 0.25) is 10.0 Å². The molecule has 0 radical (unpaired) electrons. The van der Waals surface area contributed by atoms with Gasteiger partial charge in [-0.25, -0.2) is 8.42 Å². The molecule has 0 saturated heterocycles. The van der Waals surface area contributed by atoms with Gasteiger partial charge in [0.1, 0.15) is 0 Å². The predicted octanol–water partition coefficient (Wildman–Crippen LogP) is 1.96. The summed E-state index contributed by atoms with van der Waals surface area (Å²) in [4.78, 5) is 0.606. The van der Waals surface area contributed by atoms with Crippen LogP contribution in [0.1, 0.15) is 20.3 Å². The van der Waals surface area contributed by atoms with E-state index in [-0.39, 0.29) is 0 Å². The fourth-order valence-electron chi connectivity index (χ4n) is 1.22. The molecule has 1 rings (SSSR count). The lowest BCUT2D eigenvalue weighted by Gasteiger charge is -2.13. The van der Waals surface area contributed by atoms with E-state index in [2.05, 4.69) is 4.72 Å². The highest BCUT2D eigenvalue weighted by atomic mass is 32.2. The van der Waals surface area contributed by atoms with E-state index >= 15 is 0 Å². The highest BCUT2D eigenvalue weighted by molar-refractivity contribution is 7.93. The Hall–Kier alpha value is -0.880. The van der Waals surface area contributed by atoms with Gasteiger partial charge in [-0.3, -0.25) is 8.93 Å². The van der Waals surface area contributed by atoms with E-state index in [1.165, 1.54) is 0 Å². The summed E-state index contributed by atoms with van der Waals surface area (Å²) in [5.74, 6) is 0. The molecule has 2 atom stereocenters. The first-order valence-electron chi connectivity index (χ1n) is 5.32. The first-order chi connectivity index (χ1) is 7.86. The van der Waals surface area contributed by atoms with Gasteiger partial charge in [0, 0.05) is 27.6 Å². The molecular weight excluding hydrogens is 258 g/mol. The van der Waals surface area contributed by atoms with Gasteiger partial charge in [0.15, 0.2) is 0 Å². The van der Waals surface area contributed by atoms with Crippen LogP contribution in [0.5, 0.6) is 0 Å². The van der Waals surface area contributed by atoms with E-state index in [0.717, 1.165) is 0 Å². The maximum absolute atomic E-state index is 11.8. The monoisotopic (exact) mass is 275 g/mol. The predicted molar refractivity (Wildman–Crippen MR) is 71.1 cm³/mol. The Kier molecular flexibility index (Phi) is 4.70. The summed E-state index contributed by atoms with van der Waals surface area (Å²) in [6.07, 6.45) is 2.11. The first kappa shape index (κ1) is 14.2. The Morgan fingerprint density at radius 3 is 2.59 bits per heavy atom. The first-order valence-corrected chi connectivity index (χ1v) is 8.42. The van der Waals surface area contributed by atoms with Crippen LogP contribution in [0, 0.1) is 0 Å². The van der Waals surface area contributed by atoms with Crippen molar-refractivity contribution in [3.63, 3.8) is 0 Å². The lowest BCUT2D eigenvalue weighted by Crippen LogP contribution is -2.24. The molecule has 0 spiro atoms. The summed E-state index contributed by atoms with van der Waals surface area (Å²) in [5.41, 5.74) is 0.456. The highest BCUT2D eigenvalue weighted by Gasteiger charge is 2.18. The quantitative estimate of drug-likeness (QED) is 0.893. The van der Waals surface area contributed by atoms with E-state index in [1.54, 1.807) is 37.4 Å². The largest absolute Gasteiger partial charge is 0.283 e. The minimum absolute atomic E-state index is 0.446. The van der Waals surface area contributed by atoms with Crippen molar-refractivity contribution in [3.05, 3.63) is 24.3 Å². The Labute approximate surface area is 105 Å². The number of benzene rings is 1. The third kappa shape index (κ3) is 3.81. The van der Waals surface area contributed by atoms with Crippen molar-refractivity contribution in [2.24, 2.45) is 0 Å². The molecule has 6 heteroatoms. The van der Waals surface area contributed by atoms with Crippen molar-refractivity contribution in [2.75, 3.05) is 11.0 Å². The van der Waals surface area contributed by atoms with Crippen LogP contribution in [-0.2, 0) is 20.8 Å². The van der Waals surface area contributed by atoms with Gasteiger partial charge in [-0.2, -0.15) is 0 Å². The molecule has 0 bridgehead atoms. The van der Waals surface area contributed by atoms with Crippen molar-refractivity contribution in [1.29, 1.82) is 0 Å². The Balaban J connectivity index is 2.96. The average Bonchev–Trinajstić information content (AvgIpc) is 2.27. The number of nitrogens with one attached hydrogen (secondary N) is 1. The number of sulfonamides is 1. The lowest BCUT2D eigenvalue weighted by molar-refractivity contribution is 0.586.